The lowest BCUT2D eigenvalue weighted by molar-refractivity contribution is 0.101. The Hall–Kier alpha value is -1.58. The number of halogens is 2. The molecule has 0 N–H and O–H groups in total. The monoisotopic (exact) mass is 281 g/mol. The summed E-state index contributed by atoms with van der Waals surface area (Å²) in [5, 5.41) is 0.842. The Morgan fingerprint density at radius 1 is 1.17 bits per heavy atom. The number of ketones is 1. The smallest absolute Gasteiger partial charge is 0.161 e. The first-order chi connectivity index (χ1) is 8.56. The van der Waals surface area contributed by atoms with Crippen LogP contribution in [0.5, 0.6) is 11.5 Å². The molecule has 92 valence electrons. The lowest BCUT2D eigenvalue weighted by atomic mass is 10.1. The first kappa shape index (κ1) is 12.9. The largest absolute Gasteiger partial charge is 0.456 e. The lowest BCUT2D eigenvalue weighted by Crippen LogP contribution is -1.94. The Bertz CT molecular complexity index is 599. The number of Topliss-reactive ketones (excluding diaryl/α,β-unsaturated/α-hetero) is 1. The average molecular weight is 282 g/mol. The molecule has 1 aromatic carbocycles. The van der Waals surface area contributed by atoms with Gasteiger partial charge < -0.3 is 4.74 Å². The van der Waals surface area contributed by atoms with Crippen LogP contribution in [0, 0.1) is 0 Å². The minimum absolute atomic E-state index is 0.0871. The SMILES string of the molecule is CC(=O)c1ccc(Oc2cncc(Cl)c2)cc1Cl. The molecule has 5 heteroatoms. The molecular formula is C13H9Cl2NO2. The first-order valence-electron chi connectivity index (χ1n) is 5.15. The van der Waals surface area contributed by atoms with E-state index in [0.717, 1.165) is 0 Å². The minimum atomic E-state index is -0.0871. The normalized spacial score (nSPS) is 10.2. The second kappa shape index (κ2) is 5.38. The molecule has 0 atom stereocenters. The quantitative estimate of drug-likeness (QED) is 0.784. The molecular weight excluding hydrogens is 273 g/mol. The molecule has 2 aromatic rings. The van der Waals surface area contributed by atoms with Gasteiger partial charge in [0.05, 0.1) is 16.2 Å². The van der Waals surface area contributed by atoms with E-state index in [1.807, 2.05) is 0 Å². The summed E-state index contributed by atoms with van der Waals surface area (Å²) in [5.74, 6) is 0.944. The molecule has 1 aromatic heterocycles. The Balaban J connectivity index is 2.25. The van der Waals surface area contributed by atoms with E-state index in [4.69, 9.17) is 27.9 Å². The highest BCUT2D eigenvalue weighted by molar-refractivity contribution is 6.34. The van der Waals surface area contributed by atoms with E-state index >= 15 is 0 Å². The second-order valence-electron chi connectivity index (χ2n) is 3.64. The van der Waals surface area contributed by atoms with Crippen molar-refractivity contribution in [1.29, 1.82) is 0 Å². The Morgan fingerprint density at radius 3 is 2.56 bits per heavy atom. The molecule has 0 aliphatic heterocycles. The molecule has 0 amide bonds. The third-order valence-electron chi connectivity index (χ3n) is 2.24. The molecule has 1 heterocycles. The average Bonchev–Trinajstić information content (AvgIpc) is 2.28. The summed E-state index contributed by atoms with van der Waals surface area (Å²) < 4.78 is 5.53. The predicted molar refractivity (Wildman–Crippen MR) is 70.8 cm³/mol. The number of rotatable bonds is 3. The molecule has 0 saturated heterocycles. The number of hydrogen-bond acceptors (Lipinski definition) is 3. The van der Waals surface area contributed by atoms with Crippen molar-refractivity contribution in [3.63, 3.8) is 0 Å². The number of carbonyl (C=O) groups is 1. The van der Waals surface area contributed by atoms with Crippen molar-refractivity contribution in [2.45, 2.75) is 6.92 Å². The molecule has 0 unspecified atom stereocenters. The van der Waals surface area contributed by atoms with Gasteiger partial charge in [0.2, 0.25) is 0 Å². The summed E-state index contributed by atoms with van der Waals surface area (Å²) in [7, 11) is 0. The maximum atomic E-state index is 11.2. The van der Waals surface area contributed by atoms with Crippen molar-refractivity contribution < 1.29 is 9.53 Å². The van der Waals surface area contributed by atoms with E-state index < -0.39 is 0 Å². The van der Waals surface area contributed by atoms with Crippen molar-refractivity contribution in [3.05, 3.63) is 52.3 Å². The van der Waals surface area contributed by atoms with Gasteiger partial charge in [-0.3, -0.25) is 9.78 Å². The Kier molecular flexibility index (Phi) is 3.84. The van der Waals surface area contributed by atoms with Gasteiger partial charge in [0.15, 0.2) is 5.78 Å². The number of hydrogen-bond donors (Lipinski definition) is 0. The maximum Gasteiger partial charge on any atom is 0.161 e. The van der Waals surface area contributed by atoms with Gasteiger partial charge in [0.1, 0.15) is 11.5 Å². The fourth-order valence-corrected chi connectivity index (χ4v) is 1.90. The van der Waals surface area contributed by atoms with Gasteiger partial charge in [0.25, 0.3) is 0 Å². The van der Waals surface area contributed by atoms with Crippen LogP contribution in [0.15, 0.2) is 36.7 Å². The van der Waals surface area contributed by atoms with Crippen LogP contribution in [0.3, 0.4) is 0 Å². The summed E-state index contributed by atoms with van der Waals surface area (Å²) >= 11 is 11.8. The number of aromatic nitrogens is 1. The number of benzene rings is 1. The molecule has 0 bridgehead atoms. The number of ether oxygens (including phenoxy) is 1. The van der Waals surface area contributed by atoms with Gasteiger partial charge in [-0.1, -0.05) is 23.2 Å². The van der Waals surface area contributed by atoms with E-state index in [1.54, 1.807) is 30.5 Å². The van der Waals surface area contributed by atoms with E-state index in [2.05, 4.69) is 4.98 Å². The van der Waals surface area contributed by atoms with Crippen LogP contribution in [0.25, 0.3) is 0 Å². The maximum absolute atomic E-state index is 11.2. The molecule has 0 fully saturated rings. The van der Waals surface area contributed by atoms with Crippen LogP contribution in [-0.2, 0) is 0 Å². The summed E-state index contributed by atoms with van der Waals surface area (Å²) in [5.41, 5.74) is 0.466. The highest BCUT2D eigenvalue weighted by Gasteiger charge is 2.07. The van der Waals surface area contributed by atoms with Gasteiger partial charge in [0, 0.05) is 23.9 Å². The molecule has 0 radical (unpaired) electrons. The third-order valence-corrected chi connectivity index (χ3v) is 2.75. The Morgan fingerprint density at radius 2 is 1.94 bits per heavy atom. The van der Waals surface area contributed by atoms with Crippen LogP contribution < -0.4 is 4.74 Å². The molecule has 0 aliphatic carbocycles. The van der Waals surface area contributed by atoms with Gasteiger partial charge in [-0.15, -0.1) is 0 Å². The van der Waals surface area contributed by atoms with Gasteiger partial charge in [-0.05, 0) is 19.1 Å². The highest BCUT2D eigenvalue weighted by Crippen LogP contribution is 2.27. The van der Waals surface area contributed by atoms with E-state index in [1.165, 1.54) is 13.1 Å². The minimum Gasteiger partial charge on any atom is -0.456 e. The zero-order chi connectivity index (χ0) is 13.1. The number of pyridine rings is 1. The zero-order valence-corrected chi connectivity index (χ0v) is 11.0. The molecule has 2 rings (SSSR count). The lowest BCUT2D eigenvalue weighted by Gasteiger charge is -2.07. The van der Waals surface area contributed by atoms with Crippen molar-refractivity contribution in [2.75, 3.05) is 0 Å². The van der Waals surface area contributed by atoms with Gasteiger partial charge in [-0.25, -0.2) is 0 Å². The number of nitrogens with zero attached hydrogens (tertiary/aromatic N) is 1. The highest BCUT2D eigenvalue weighted by atomic mass is 35.5. The van der Waals surface area contributed by atoms with E-state index in [9.17, 15) is 4.79 Å². The van der Waals surface area contributed by atoms with Crippen molar-refractivity contribution in [2.24, 2.45) is 0 Å². The summed E-state index contributed by atoms with van der Waals surface area (Å²) in [6.45, 7) is 1.46. The van der Waals surface area contributed by atoms with Crippen molar-refractivity contribution in [1.82, 2.24) is 4.98 Å². The summed E-state index contributed by atoms with van der Waals surface area (Å²) in [4.78, 5) is 15.1. The fourth-order valence-electron chi connectivity index (χ4n) is 1.43. The molecule has 0 aliphatic rings. The van der Waals surface area contributed by atoms with Crippen molar-refractivity contribution in [3.8, 4) is 11.5 Å². The topological polar surface area (TPSA) is 39.2 Å². The molecule has 0 saturated carbocycles. The fraction of sp³-hybridized carbons (Fsp3) is 0.0769. The van der Waals surface area contributed by atoms with Gasteiger partial charge >= 0.3 is 0 Å². The molecule has 0 spiro atoms. The second-order valence-corrected chi connectivity index (χ2v) is 4.48. The van der Waals surface area contributed by atoms with Crippen LogP contribution in [0.2, 0.25) is 10.0 Å². The molecule has 18 heavy (non-hydrogen) atoms. The van der Waals surface area contributed by atoms with Gasteiger partial charge in [-0.2, -0.15) is 0 Å². The van der Waals surface area contributed by atoms with Crippen LogP contribution in [0.1, 0.15) is 17.3 Å². The van der Waals surface area contributed by atoms with E-state index in [0.29, 0.717) is 27.1 Å². The summed E-state index contributed by atoms with van der Waals surface area (Å²) in [6.07, 6.45) is 3.05. The third kappa shape index (κ3) is 3.00. The standard InChI is InChI=1S/C13H9Cl2NO2/c1-8(17)12-3-2-10(5-13(12)15)18-11-4-9(14)6-16-7-11/h2-7H,1H3. The first-order valence-corrected chi connectivity index (χ1v) is 5.91. The summed E-state index contributed by atoms with van der Waals surface area (Å²) in [6, 6.07) is 6.52. The Labute approximate surface area is 114 Å². The predicted octanol–water partition coefficient (Wildman–Crippen LogP) is 4.38. The van der Waals surface area contributed by atoms with Crippen LogP contribution >= 0.6 is 23.2 Å². The van der Waals surface area contributed by atoms with Crippen LogP contribution in [0.4, 0.5) is 0 Å². The van der Waals surface area contributed by atoms with Crippen LogP contribution in [-0.4, -0.2) is 10.8 Å². The number of carbonyl (C=O) groups excluding carboxylic acids is 1. The molecule has 3 nitrogen and oxygen atoms in total. The van der Waals surface area contributed by atoms with E-state index in [-0.39, 0.29) is 5.78 Å². The van der Waals surface area contributed by atoms with Crippen molar-refractivity contribution >= 4 is 29.0 Å². The zero-order valence-electron chi connectivity index (χ0n) is 9.48.